The highest BCUT2D eigenvalue weighted by Gasteiger charge is 2.28. The summed E-state index contributed by atoms with van der Waals surface area (Å²) in [5, 5.41) is 13.7. The van der Waals surface area contributed by atoms with Gasteiger partial charge in [0.1, 0.15) is 6.54 Å². The van der Waals surface area contributed by atoms with Gasteiger partial charge in [-0.25, -0.2) is 8.42 Å². The molecule has 28 heavy (non-hydrogen) atoms. The van der Waals surface area contributed by atoms with Gasteiger partial charge < -0.3 is 5.32 Å². The molecule has 0 saturated heterocycles. The van der Waals surface area contributed by atoms with E-state index in [2.05, 4.69) is 5.32 Å². The fourth-order valence-electron chi connectivity index (χ4n) is 2.37. The Morgan fingerprint density at radius 2 is 1.64 bits per heavy atom. The molecule has 1 unspecified atom stereocenters. The molecule has 2 rings (SSSR count). The molecule has 2 aromatic carbocycles. The molecule has 9 heteroatoms. The van der Waals surface area contributed by atoms with Gasteiger partial charge in [-0.3, -0.25) is 19.2 Å². The second-order valence-electron chi connectivity index (χ2n) is 6.70. The van der Waals surface area contributed by atoms with E-state index in [0.29, 0.717) is 0 Å². The molecular formula is C19H23N3O5S. The van der Waals surface area contributed by atoms with E-state index in [1.54, 1.807) is 18.2 Å². The Balaban J connectivity index is 2.41. The Kier molecular flexibility index (Phi) is 6.74. The fraction of sp³-hybridized carbons (Fsp3) is 0.316. The van der Waals surface area contributed by atoms with Crippen LogP contribution in [0.4, 0.5) is 11.4 Å². The van der Waals surface area contributed by atoms with Crippen molar-refractivity contribution < 1.29 is 18.1 Å². The van der Waals surface area contributed by atoms with Crippen molar-refractivity contribution in [3.8, 4) is 0 Å². The Bertz CT molecular complexity index is 928. The normalized spacial score (nSPS) is 12.4. The number of nitrogens with zero attached hydrogens (tertiary/aromatic N) is 2. The summed E-state index contributed by atoms with van der Waals surface area (Å²) in [4.78, 5) is 22.8. The zero-order chi connectivity index (χ0) is 20.9. The minimum Gasteiger partial charge on any atom is -0.352 e. The molecule has 1 amide bonds. The minimum absolute atomic E-state index is 0.0260. The predicted molar refractivity (Wildman–Crippen MR) is 107 cm³/mol. The van der Waals surface area contributed by atoms with Gasteiger partial charge >= 0.3 is 0 Å². The third kappa shape index (κ3) is 5.07. The maximum atomic E-state index is 13.1. The van der Waals surface area contributed by atoms with Crippen LogP contribution in [0.3, 0.4) is 0 Å². The zero-order valence-electron chi connectivity index (χ0n) is 15.9. The lowest BCUT2D eigenvalue weighted by Gasteiger charge is -2.25. The Hall–Kier alpha value is -2.94. The van der Waals surface area contributed by atoms with Crippen molar-refractivity contribution in [1.82, 2.24) is 5.32 Å². The van der Waals surface area contributed by atoms with Crippen LogP contribution >= 0.6 is 0 Å². The van der Waals surface area contributed by atoms with Gasteiger partial charge in [-0.1, -0.05) is 32.0 Å². The van der Waals surface area contributed by atoms with Crippen LogP contribution in [0.25, 0.3) is 0 Å². The molecule has 0 heterocycles. The van der Waals surface area contributed by atoms with Gasteiger partial charge in [0.2, 0.25) is 5.91 Å². The third-order valence-corrected chi connectivity index (χ3v) is 6.14. The average molecular weight is 405 g/mol. The highest BCUT2D eigenvalue weighted by atomic mass is 32.2. The highest BCUT2D eigenvalue weighted by Crippen LogP contribution is 2.25. The fourth-order valence-corrected chi connectivity index (χ4v) is 3.81. The van der Waals surface area contributed by atoms with E-state index in [-0.39, 0.29) is 28.2 Å². The second kappa shape index (κ2) is 8.83. The van der Waals surface area contributed by atoms with Crippen LogP contribution in [0.5, 0.6) is 0 Å². The molecule has 2 aromatic rings. The largest absolute Gasteiger partial charge is 0.352 e. The first kappa shape index (κ1) is 21.4. The third-order valence-electron chi connectivity index (χ3n) is 4.36. The van der Waals surface area contributed by atoms with E-state index in [1.807, 2.05) is 20.8 Å². The van der Waals surface area contributed by atoms with E-state index in [0.717, 1.165) is 4.31 Å². The number of hydrogen-bond acceptors (Lipinski definition) is 5. The molecule has 0 aliphatic heterocycles. The van der Waals surface area contributed by atoms with Crippen LogP contribution < -0.4 is 9.62 Å². The lowest BCUT2D eigenvalue weighted by atomic mass is 10.1. The summed E-state index contributed by atoms with van der Waals surface area (Å²) < 4.78 is 27.2. The molecule has 0 bridgehead atoms. The van der Waals surface area contributed by atoms with Gasteiger partial charge in [-0.05, 0) is 37.1 Å². The summed E-state index contributed by atoms with van der Waals surface area (Å²) in [6.45, 7) is 5.29. The van der Waals surface area contributed by atoms with Crippen LogP contribution in [-0.2, 0) is 14.8 Å². The molecule has 0 fully saturated rings. The van der Waals surface area contributed by atoms with Crippen molar-refractivity contribution in [2.24, 2.45) is 5.92 Å². The summed E-state index contributed by atoms with van der Waals surface area (Å²) in [5.41, 5.74) is 0.000457. The van der Waals surface area contributed by atoms with Gasteiger partial charge in [0.25, 0.3) is 15.7 Å². The summed E-state index contributed by atoms with van der Waals surface area (Å²) in [7, 11) is -4.04. The number of sulfonamides is 1. The van der Waals surface area contributed by atoms with Gasteiger partial charge in [-0.15, -0.1) is 0 Å². The van der Waals surface area contributed by atoms with Crippen LogP contribution in [0.15, 0.2) is 59.5 Å². The van der Waals surface area contributed by atoms with Gasteiger partial charge in [-0.2, -0.15) is 0 Å². The minimum atomic E-state index is -4.04. The number of carbonyl (C=O) groups is 1. The first-order chi connectivity index (χ1) is 13.1. The van der Waals surface area contributed by atoms with Gasteiger partial charge in [0, 0.05) is 18.2 Å². The molecule has 8 nitrogen and oxygen atoms in total. The number of carbonyl (C=O) groups excluding carboxylic acids is 1. The Morgan fingerprint density at radius 1 is 1.07 bits per heavy atom. The zero-order valence-corrected chi connectivity index (χ0v) is 16.7. The number of benzene rings is 2. The number of non-ortho nitro benzene ring substituents is 1. The number of nitro benzene ring substituents is 1. The molecule has 0 radical (unpaired) electrons. The van der Waals surface area contributed by atoms with Crippen molar-refractivity contribution in [3.63, 3.8) is 0 Å². The molecule has 0 saturated carbocycles. The molecule has 0 aliphatic carbocycles. The highest BCUT2D eigenvalue weighted by molar-refractivity contribution is 7.92. The second-order valence-corrected chi connectivity index (χ2v) is 8.56. The topological polar surface area (TPSA) is 110 Å². The van der Waals surface area contributed by atoms with E-state index < -0.39 is 27.4 Å². The molecular weight excluding hydrogens is 382 g/mol. The lowest BCUT2D eigenvalue weighted by Crippen LogP contribution is -2.45. The average Bonchev–Trinajstić information content (AvgIpc) is 2.66. The number of rotatable bonds is 8. The quantitative estimate of drug-likeness (QED) is 0.536. The maximum absolute atomic E-state index is 13.1. The summed E-state index contributed by atoms with van der Waals surface area (Å²) >= 11 is 0. The van der Waals surface area contributed by atoms with Crippen molar-refractivity contribution in [3.05, 3.63) is 64.7 Å². The van der Waals surface area contributed by atoms with Gasteiger partial charge in [0.05, 0.1) is 15.5 Å². The van der Waals surface area contributed by atoms with Crippen molar-refractivity contribution >= 4 is 27.3 Å². The number of nitrogens with one attached hydrogen (secondary N) is 1. The monoisotopic (exact) mass is 405 g/mol. The smallest absolute Gasteiger partial charge is 0.269 e. The predicted octanol–water partition coefficient (Wildman–Crippen LogP) is 2.95. The van der Waals surface area contributed by atoms with E-state index in [1.165, 1.54) is 36.4 Å². The number of amides is 1. The van der Waals surface area contributed by atoms with Crippen LogP contribution in [-0.4, -0.2) is 31.8 Å². The first-order valence-corrected chi connectivity index (χ1v) is 10.2. The number of nitro groups is 1. The number of hydrogen-bond donors (Lipinski definition) is 1. The Morgan fingerprint density at radius 3 is 2.14 bits per heavy atom. The van der Waals surface area contributed by atoms with Crippen molar-refractivity contribution in [2.45, 2.75) is 31.7 Å². The summed E-state index contributed by atoms with van der Waals surface area (Å²) in [6, 6.07) is 12.6. The Labute approximate surface area is 164 Å². The molecule has 1 N–H and O–H groups in total. The standard InChI is InChI=1S/C19H23N3O5S/c1-14(2)15(3)20-19(23)13-21(16-9-11-17(12-10-16)22(24)25)28(26,27)18-7-5-4-6-8-18/h4-12,14-15H,13H2,1-3H3,(H,20,23). The molecule has 0 spiro atoms. The lowest BCUT2D eigenvalue weighted by molar-refractivity contribution is -0.384. The maximum Gasteiger partial charge on any atom is 0.269 e. The molecule has 0 aromatic heterocycles. The number of anilines is 1. The van der Waals surface area contributed by atoms with Crippen LogP contribution in [0.1, 0.15) is 20.8 Å². The molecule has 1 atom stereocenters. The van der Waals surface area contributed by atoms with E-state index in [9.17, 15) is 23.3 Å². The van der Waals surface area contributed by atoms with Crippen molar-refractivity contribution in [2.75, 3.05) is 10.8 Å². The SMILES string of the molecule is CC(C)C(C)NC(=O)CN(c1ccc([N+](=O)[O-])cc1)S(=O)(=O)c1ccccc1. The van der Waals surface area contributed by atoms with E-state index in [4.69, 9.17) is 0 Å². The van der Waals surface area contributed by atoms with Crippen LogP contribution in [0.2, 0.25) is 0 Å². The molecule has 0 aliphatic rings. The first-order valence-electron chi connectivity index (χ1n) is 8.74. The van der Waals surface area contributed by atoms with Crippen LogP contribution in [0, 0.1) is 16.0 Å². The van der Waals surface area contributed by atoms with Crippen molar-refractivity contribution in [1.29, 1.82) is 0 Å². The van der Waals surface area contributed by atoms with Gasteiger partial charge in [0.15, 0.2) is 0 Å². The van der Waals surface area contributed by atoms with E-state index >= 15 is 0 Å². The molecule has 150 valence electrons. The summed E-state index contributed by atoms with van der Waals surface area (Å²) in [6.07, 6.45) is 0. The summed E-state index contributed by atoms with van der Waals surface area (Å²) in [5.74, 6) is -0.276.